The van der Waals surface area contributed by atoms with E-state index in [-0.39, 0.29) is 24.9 Å². The first-order valence-corrected chi connectivity index (χ1v) is 8.74. The molecule has 1 saturated carbocycles. The van der Waals surface area contributed by atoms with Gasteiger partial charge in [0.05, 0.1) is 0 Å². The topological polar surface area (TPSA) is 57.7 Å². The number of hydrogen-bond acceptors (Lipinski definition) is 3. The zero-order chi connectivity index (χ0) is 17.3. The number of barbiturate groups is 1. The average molecular weight is 349 g/mol. The van der Waals surface area contributed by atoms with E-state index >= 15 is 0 Å². The molecule has 2 atom stereocenters. The Morgan fingerprint density at radius 1 is 1.17 bits per heavy atom. The van der Waals surface area contributed by atoms with Crippen LogP contribution in [0.1, 0.15) is 38.2 Å². The SMILES string of the molecule is CC1CCC(N2C(=O)CC(=O)N(CCc3cccc(Cl)c3)C2=O)C1. The predicted octanol–water partition coefficient (Wildman–Crippen LogP) is 3.25. The number of hydrogen-bond donors (Lipinski definition) is 0. The second kappa shape index (κ2) is 6.93. The number of carbonyl (C=O) groups excluding carboxylic acids is 3. The molecular formula is C18H21ClN2O3. The molecule has 1 saturated heterocycles. The number of urea groups is 1. The highest BCUT2D eigenvalue weighted by Gasteiger charge is 2.42. The third-order valence-corrected chi connectivity index (χ3v) is 5.09. The fourth-order valence-electron chi connectivity index (χ4n) is 3.58. The van der Waals surface area contributed by atoms with Crippen molar-refractivity contribution < 1.29 is 14.4 Å². The second-order valence-electron chi connectivity index (χ2n) is 6.72. The highest BCUT2D eigenvalue weighted by Crippen LogP contribution is 2.31. The average Bonchev–Trinajstić information content (AvgIpc) is 2.93. The number of benzene rings is 1. The Morgan fingerprint density at radius 2 is 1.96 bits per heavy atom. The highest BCUT2D eigenvalue weighted by atomic mass is 35.5. The van der Waals surface area contributed by atoms with Crippen molar-refractivity contribution in [1.29, 1.82) is 0 Å². The highest BCUT2D eigenvalue weighted by molar-refractivity contribution is 6.30. The molecule has 24 heavy (non-hydrogen) atoms. The van der Waals surface area contributed by atoms with Crippen LogP contribution in [-0.4, -0.2) is 40.2 Å². The summed E-state index contributed by atoms with van der Waals surface area (Å²) in [5, 5.41) is 0.626. The van der Waals surface area contributed by atoms with E-state index in [0.29, 0.717) is 17.4 Å². The standard InChI is InChI=1S/C18H21ClN2O3/c1-12-5-6-15(9-12)21-17(23)11-16(22)20(18(21)24)8-7-13-3-2-4-14(19)10-13/h2-4,10,12,15H,5-9,11H2,1H3. The molecule has 4 amide bonds. The van der Waals surface area contributed by atoms with Crippen LogP contribution in [0, 0.1) is 5.92 Å². The van der Waals surface area contributed by atoms with Gasteiger partial charge < -0.3 is 0 Å². The molecule has 5 nitrogen and oxygen atoms in total. The fourth-order valence-corrected chi connectivity index (χ4v) is 3.79. The monoisotopic (exact) mass is 348 g/mol. The van der Waals surface area contributed by atoms with E-state index < -0.39 is 11.9 Å². The number of halogens is 1. The largest absolute Gasteiger partial charge is 0.333 e. The molecule has 1 aliphatic heterocycles. The molecule has 0 bridgehead atoms. The molecule has 128 valence electrons. The quantitative estimate of drug-likeness (QED) is 0.785. The van der Waals surface area contributed by atoms with Crippen LogP contribution in [0.25, 0.3) is 0 Å². The Morgan fingerprint density at radius 3 is 2.62 bits per heavy atom. The van der Waals surface area contributed by atoms with Crippen molar-refractivity contribution in [3.63, 3.8) is 0 Å². The Labute approximate surface area is 146 Å². The lowest BCUT2D eigenvalue weighted by Gasteiger charge is -2.36. The van der Waals surface area contributed by atoms with Crippen LogP contribution < -0.4 is 0 Å². The van der Waals surface area contributed by atoms with Gasteiger partial charge in [-0.1, -0.05) is 30.7 Å². The number of imide groups is 2. The van der Waals surface area contributed by atoms with Gasteiger partial charge in [0.2, 0.25) is 11.8 Å². The maximum Gasteiger partial charge on any atom is 0.333 e. The summed E-state index contributed by atoms with van der Waals surface area (Å²) in [6.07, 6.45) is 2.98. The van der Waals surface area contributed by atoms with E-state index in [1.54, 1.807) is 6.07 Å². The minimum Gasteiger partial charge on any atom is -0.274 e. The first-order chi connectivity index (χ1) is 11.5. The van der Waals surface area contributed by atoms with Crippen LogP contribution in [0.4, 0.5) is 4.79 Å². The van der Waals surface area contributed by atoms with Crippen molar-refractivity contribution in [3.8, 4) is 0 Å². The third-order valence-electron chi connectivity index (χ3n) is 4.85. The number of amides is 4. The minimum absolute atomic E-state index is 0.0678. The Hall–Kier alpha value is -1.88. The summed E-state index contributed by atoms with van der Waals surface area (Å²) in [5.41, 5.74) is 0.959. The molecule has 6 heteroatoms. The zero-order valence-electron chi connectivity index (χ0n) is 13.7. The summed E-state index contributed by atoms with van der Waals surface area (Å²) in [6.45, 7) is 2.39. The van der Waals surface area contributed by atoms with Crippen LogP contribution in [0.15, 0.2) is 24.3 Å². The molecule has 1 heterocycles. The molecule has 1 aliphatic carbocycles. The Bertz CT molecular complexity index is 676. The van der Waals surface area contributed by atoms with Gasteiger partial charge in [0.1, 0.15) is 6.42 Å². The molecular weight excluding hydrogens is 328 g/mol. The van der Waals surface area contributed by atoms with Crippen molar-refractivity contribution in [3.05, 3.63) is 34.9 Å². The molecule has 0 spiro atoms. The predicted molar refractivity (Wildman–Crippen MR) is 90.5 cm³/mol. The van der Waals surface area contributed by atoms with Crippen LogP contribution in [0.2, 0.25) is 5.02 Å². The lowest BCUT2D eigenvalue weighted by Crippen LogP contribution is -2.58. The molecule has 3 rings (SSSR count). The number of rotatable bonds is 4. The van der Waals surface area contributed by atoms with Gasteiger partial charge in [-0.15, -0.1) is 0 Å². The molecule has 1 aromatic carbocycles. The molecule has 0 aromatic heterocycles. The van der Waals surface area contributed by atoms with E-state index in [9.17, 15) is 14.4 Å². The summed E-state index contributed by atoms with van der Waals surface area (Å²) in [4.78, 5) is 39.6. The lowest BCUT2D eigenvalue weighted by molar-refractivity contribution is -0.143. The van der Waals surface area contributed by atoms with Crippen LogP contribution >= 0.6 is 11.6 Å². The first-order valence-electron chi connectivity index (χ1n) is 8.36. The van der Waals surface area contributed by atoms with Gasteiger partial charge in [-0.2, -0.15) is 0 Å². The second-order valence-corrected chi connectivity index (χ2v) is 7.16. The fraction of sp³-hybridized carbons (Fsp3) is 0.500. The van der Waals surface area contributed by atoms with Gasteiger partial charge in [-0.25, -0.2) is 4.79 Å². The van der Waals surface area contributed by atoms with Gasteiger partial charge in [0.25, 0.3) is 0 Å². The molecule has 2 aliphatic rings. The van der Waals surface area contributed by atoms with Crippen molar-refractivity contribution in [2.24, 2.45) is 5.92 Å². The van der Waals surface area contributed by atoms with Crippen LogP contribution in [0.5, 0.6) is 0 Å². The van der Waals surface area contributed by atoms with Crippen molar-refractivity contribution in [2.45, 2.75) is 45.1 Å². The van der Waals surface area contributed by atoms with Gasteiger partial charge in [-0.05, 0) is 49.3 Å². The maximum atomic E-state index is 12.7. The summed E-state index contributed by atoms with van der Waals surface area (Å²) in [5.74, 6) is -0.259. The molecule has 2 fully saturated rings. The van der Waals surface area contributed by atoms with Crippen molar-refractivity contribution in [1.82, 2.24) is 9.80 Å². The van der Waals surface area contributed by atoms with Crippen LogP contribution in [-0.2, 0) is 16.0 Å². The third kappa shape index (κ3) is 3.46. The minimum atomic E-state index is -0.461. The van der Waals surface area contributed by atoms with Gasteiger partial charge in [0.15, 0.2) is 0 Å². The van der Waals surface area contributed by atoms with E-state index in [4.69, 9.17) is 11.6 Å². The van der Waals surface area contributed by atoms with Crippen LogP contribution in [0.3, 0.4) is 0 Å². The maximum absolute atomic E-state index is 12.7. The summed E-state index contributed by atoms with van der Waals surface area (Å²) in [7, 11) is 0. The Balaban J connectivity index is 1.71. The van der Waals surface area contributed by atoms with E-state index in [0.717, 1.165) is 24.8 Å². The zero-order valence-corrected chi connectivity index (χ0v) is 14.5. The van der Waals surface area contributed by atoms with Gasteiger partial charge in [-0.3, -0.25) is 19.4 Å². The molecule has 0 N–H and O–H groups in total. The molecule has 2 unspecified atom stereocenters. The Kier molecular flexibility index (Phi) is 4.90. The van der Waals surface area contributed by atoms with Gasteiger partial charge in [0, 0.05) is 17.6 Å². The molecule has 0 radical (unpaired) electrons. The summed E-state index contributed by atoms with van der Waals surface area (Å²) in [6, 6.07) is 6.82. The van der Waals surface area contributed by atoms with E-state index in [2.05, 4.69) is 6.92 Å². The normalized spacial score (nSPS) is 24.8. The smallest absolute Gasteiger partial charge is 0.274 e. The molecule has 1 aromatic rings. The van der Waals surface area contributed by atoms with Crippen molar-refractivity contribution >= 4 is 29.4 Å². The summed E-state index contributed by atoms with van der Waals surface area (Å²) >= 11 is 5.97. The van der Waals surface area contributed by atoms with Crippen molar-refractivity contribution in [2.75, 3.05) is 6.54 Å². The van der Waals surface area contributed by atoms with Gasteiger partial charge >= 0.3 is 6.03 Å². The van der Waals surface area contributed by atoms with E-state index in [1.807, 2.05) is 18.2 Å². The lowest BCUT2D eigenvalue weighted by atomic mass is 10.1. The number of nitrogens with zero attached hydrogens (tertiary/aromatic N) is 2. The first kappa shape index (κ1) is 17.0. The number of carbonyl (C=O) groups is 3. The van der Waals surface area contributed by atoms with E-state index in [1.165, 1.54) is 9.80 Å². The summed E-state index contributed by atoms with van der Waals surface area (Å²) < 4.78 is 0.